The molecular formula is C14H21NO2. The Morgan fingerprint density at radius 3 is 2.35 bits per heavy atom. The summed E-state index contributed by atoms with van der Waals surface area (Å²) in [7, 11) is 1.72. The highest BCUT2D eigenvalue weighted by Gasteiger charge is 2.20. The summed E-state index contributed by atoms with van der Waals surface area (Å²) in [5, 5.41) is 9.49. The van der Waals surface area contributed by atoms with Gasteiger partial charge in [-0.2, -0.15) is 0 Å². The number of hydrogen-bond acceptors (Lipinski definition) is 2. The number of aliphatic hydroxyl groups is 1. The maximum absolute atomic E-state index is 11.4. The Bertz CT molecular complexity index is 426. The van der Waals surface area contributed by atoms with Gasteiger partial charge in [0.1, 0.15) is 0 Å². The first-order valence-electron chi connectivity index (χ1n) is 5.81. The van der Waals surface area contributed by atoms with Crippen LogP contribution in [0.2, 0.25) is 0 Å². The summed E-state index contributed by atoms with van der Waals surface area (Å²) < 4.78 is 0. The van der Waals surface area contributed by atoms with Crippen molar-refractivity contribution >= 4 is 5.91 Å². The number of amides is 1. The molecule has 0 aromatic heterocycles. The molecule has 1 N–H and O–H groups in total. The lowest BCUT2D eigenvalue weighted by Crippen LogP contribution is -2.32. The fraction of sp³-hybridized carbons (Fsp3) is 0.500. The number of hydrogen-bond donors (Lipinski definition) is 1. The van der Waals surface area contributed by atoms with Gasteiger partial charge in [-0.25, -0.2) is 0 Å². The van der Waals surface area contributed by atoms with Crippen molar-refractivity contribution < 1.29 is 9.90 Å². The minimum Gasteiger partial charge on any atom is -0.394 e. The largest absolute Gasteiger partial charge is 0.394 e. The molecule has 1 aromatic carbocycles. The van der Waals surface area contributed by atoms with Gasteiger partial charge in [-0.3, -0.25) is 4.79 Å². The van der Waals surface area contributed by atoms with Gasteiger partial charge in [-0.1, -0.05) is 12.1 Å². The average molecular weight is 235 g/mol. The van der Waals surface area contributed by atoms with Crippen molar-refractivity contribution in [1.82, 2.24) is 4.90 Å². The van der Waals surface area contributed by atoms with Crippen molar-refractivity contribution in [2.24, 2.45) is 0 Å². The SMILES string of the molecule is CC(=O)N(C)C(CO)c1ccc(C)c(C)c1C. The van der Waals surface area contributed by atoms with Crippen LogP contribution in [0.15, 0.2) is 12.1 Å². The number of carbonyl (C=O) groups is 1. The highest BCUT2D eigenvalue weighted by Crippen LogP contribution is 2.26. The molecule has 1 rings (SSSR count). The number of carbonyl (C=O) groups excluding carboxylic acids is 1. The highest BCUT2D eigenvalue weighted by molar-refractivity contribution is 5.73. The van der Waals surface area contributed by atoms with Gasteiger partial charge in [0.25, 0.3) is 0 Å². The summed E-state index contributed by atoms with van der Waals surface area (Å²) >= 11 is 0. The average Bonchev–Trinajstić information content (AvgIpc) is 2.29. The van der Waals surface area contributed by atoms with Gasteiger partial charge >= 0.3 is 0 Å². The first-order valence-corrected chi connectivity index (χ1v) is 5.81. The maximum atomic E-state index is 11.4. The minimum absolute atomic E-state index is 0.0401. The molecule has 0 saturated carbocycles. The molecule has 0 spiro atoms. The Morgan fingerprint density at radius 1 is 1.29 bits per heavy atom. The molecule has 3 heteroatoms. The Morgan fingerprint density at radius 2 is 1.88 bits per heavy atom. The van der Waals surface area contributed by atoms with E-state index in [1.807, 2.05) is 19.1 Å². The highest BCUT2D eigenvalue weighted by atomic mass is 16.3. The molecule has 3 nitrogen and oxygen atoms in total. The molecule has 1 amide bonds. The molecule has 0 radical (unpaired) electrons. The van der Waals surface area contributed by atoms with Crippen molar-refractivity contribution in [3.8, 4) is 0 Å². The van der Waals surface area contributed by atoms with Crippen molar-refractivity contribution in [2.75, 3.05) is 13.7 Å². The lowest BCUT2D eigenvalue weighted by molar-refractivity contribution is -0.130. The van der Waals surface area contributed by atoms with Crippen LogP contribution in [-0.4, -0.2) is 29.6 Å². The fourth-order valence-electron chi connectivity index (χ4n) is 1.99. The Labute approximate surface area is 103 Å². The molecule has 0 saturated heterocycles. The van der Waals surface area contributed by atoms with Crippen molar-refractivity contribution in [3.63, 3.8) is 0 Å². The van der Waals surface area contributed by atoms with Crippen LogP contribution in [0, 0.1) is 20.8 Å². The first kappa shape index (κ1) is 13.7. The molecule has 0 aliphatic carbocycles. The predicted molar refractivity (Wildman–Crippen MR) is 68.9 cm³/mol. The van der Waals surface area contributed by atoms with E-state index < -0.39 is 0 Å². The second-order valence-electron chi connectivity index (χ2n) is 4.55. The van der Waals surface area contributed by atoms with Crippen LogP contribution in [-0.2, 0) is 4.79 Å². The summed E-state index contributed by atoms with van der Waals surface area (Å²) in [6.07, 6.45) is 0. The summed E-state index contributed by atoms with van der Waals surface area (Å²) in [6.45, 7) is 7.62. The number of nitrogens with zero attached hydrogens (tertiary/aromatic N) is 1. The summed E-state index contributed by atoms with van der Waals surface area (Å²) in [4.78, 5) is 13.0. The third-order valence-corrected chi connectivity index (χ3v) is 3.60. The predicted octanol–water partition coefficient (Wildman–Crippen LogP) is 2.12. The zero-order chi connectivity index (χ0) is 13.2. The molecule has 17 heavy (non-hydrogen) atoms. The molecule has 0 heterocycles. The van der Waals surface area contributed by atoms with E-state index in [-0.39, 0.29) is 18.6 Å². The van der Waals surface area contributed by atoms with Crippen LogP contribution in [0.25, 0.3) is 0 Å². The van der Waals surface area contributed by atoms with Gasteiger partial charge in [-0.15, -0.1) is 0 Å². The standard InChI is InChI=1S/C14H21NO2/c1-9-6-7-13(11(3)10(9)2)14(8-16)15(5)12(4)17/h6-7,14,16H,8H2,1-5H3. The van der Waals surface area contributed by atoms with Crippen molar-refractivity contribution in [3.05, 3.63) is 34.4 Å². The third-order valence-electron chi connectivity index (χ3n) is 3.60. The molecule has 1 unspecified atom stereocenters. The fourth-order valence-corrected chi connectivity index (χ4v) is 1.99. The zero-order valence-corrected chi connectivity index (χ0v) is 11.2. The van der Waals surface area contributed by atoms with E-state index in [1.54, 1.807) is 11.9 Å². The quantitative estimate of drug-likeness (QED) is 0.871. The summed E-state index contributed by atoms with van der Waals surface area (Å²) in [6, 6.07) is 3.78. The summed E-state index contributed by atoms with van der Waals surface area (Å²) in [5.41, 5.74) is 4.62. The summed E-state index contributed by atoms with van der Waals surface area (Å²) in [5.74, 6) is -0.0401. The minimum atomic E-state index is -0.258. The number of benzene rings is 1. The van der Waals surface area contributed by atoms with E-state index in [2.05, 4.69) is 13.8 Å². The van der Waals surface area contributed by atoms with Crippen LogP contribution in [0.3, 0.4) is 0 Å². The first-order chi connectivity index (χ1) is 7.90. The van der Waals surface area contributed by atoms with E-state index >= 15 is 0 Å². The maximum Gasteiger partial charge on any atom is 0.219 e. The smallest absolute Gasteiger partial charge is 0.219 e. The van der Waals surface area contributed by atoms with Crippen LogP contribution in [0.1, 0.15) is 35.2 Å². The number of aliphatic hydroxyl groups excluding tert-OH is 1. The van der Waals surface area contributed by atoms with Crippen molar-refractivity contribution in [1.29, 1.82) is 0 Å². The molecule has 94 valence electrons. The molecule has 1 atom stereocenters. The van der Waals surface area contributed by atoms with E-state index in [0.717, 1.165) is 11.1 Å². The van der Waals surface area contributed by atoms with Crippen LogP contribution in [0.4, 0.5) is 0 Å². The topological polar surface area (TPSA) is 40.5 Å². The lowest BCUT2D eigenvalue weighted by Gasteiger charge is -2.28. The van der Waals surface area contributed by atoms with Gasteiger partial charge in [0.05, 0.1) is 12.6 Å². The second kappa shape index (κ2) is 5.32. The van der Waals surface area contributed by atoms with Crippen LogP contribution in [0.5, 0.6) is 0 Å². The second-order valence-corrected chi connectivity index (χ2v) is 4.55. The third kappa shape index (κ3) is 2.67. The van der Waals surface area contributed by atoms with Crippen LogP contribution >= 0.6 is 0 Å². The van der Waals surface area contributed by atoms with Crippen LogP contribution < -0.4 is 0 Å². The van der Waals surface area contributed by atoms with Crippen molar-refractivity contribution in [2.45, 2.75) is 33.7 Å². The molecule has 0 aliphatic heterocycles. The number of aryl methyl sites for hydroxylation is 1. The molecule has 0 fully saturated rings. The van der Waals surface area contributed by atoms with Gasteiger partial charge in [0, 0.05) is 14.0 Å². The van der Waals surface area contributed by atoms with E-state index in [4.69, 9.17) is 0 Å². The Balaban J connectivity index is 3.22. The van der Waals surface area contributed by atoms with Gasteiger partial charge in [-0.05, 0) is 43.0 Å². The van der Waals surface area contributed by atoms with E-state index in [1.165, 1.54) is 18.1 Å². The van der Waals surface area contributed by atoms with Gasteiger partial charge in [0.2, 0.25) is 5.91 Å². The molecular weight excluding hydrogens is 214 g/mol. The van der Waals surface area contributed by atoms with E-state index in [9.17, 15) is 9.90 Å². The number of rotatable bonds is 3. The number of likely N-dealkylation sites (N-methyl/N-ethyl adjacent to an activating group) is 1. The molecule has 0 aliphatic rings. The Kier molecular flexibility index (Phi) is 4.29. The molecule has 1 aromatic rings. The lowest BCUT2D eigenvalue weighted by atomic mass is 9.94. The van der Waals surface area contributed by atoms with Gasteiger partial charge in [0.15, 0.2) is 0 Å². The monoisotopic (exact) mass is 235 g/mol. The Hall–Kier alpha value is -1.35. The molecule has 0 bridgehead atoms. The van der Waals surface area contributed by atoms with Gasteiger partial charge < -0.3 is 10.0 Å². The zero-order valence-electron chi connectivity index (χ0n) is 11.2. The van der Waals surface area contributed by atoms with E-state index in [0.29, 0.717) is 0 Å². The normalized spacial score (nSPS) is 12.4.